The zero-order valence-corrected chi connectivity index (χ0v) is 16.8. The first-order valence-electron chi connectivity index (χ1n) is 8.61. The molecule has 3 rings (SSSR count). The number of aromatic nitrogens is 3. The molecule has 0 fully saturated rings. The van der Waals surface area contributed by atoms with E-state index in [1.54, 1.807) is 21.5 Å². The van der Waals surface area contributed by atoms with Crippen LogP contribution in [0, 0.1) is 13.8 Å². The summed E-state index contributed by atoms with van der Waals surface area (Å²) in [5.41, 5.74) is 3.29. The first kappa shape index (κ1) is 19.0. The lowest BCUT2D eigenvalue weighted by Crippen LogP contribution is -2.22. The first-order valence-corrected chi connectivity index (χ1v) is 9.43. The van der Waals surface area contributed by atoms with Crippen molar-refractivity contribution in [1.29, 1.82) is 0 Å². The minimum absolute atomic E-state index is 0.00799. The van der Waals surface area contributed by atoms with Crippen molar-refractivity contribution in [3.63, 3.8) is 0 Å². The van der Waals surface area contributed by atoms with E-state index in [-0.39, 0.29) is 18.3 Å². The lowest BCUT2D eigenvalue weighted by molar-refractivity contribution is -0.141. The van der Waals surface area contributed by atoms with Gasteiger partial charge in [-0.2, -0.15) is 10.1 Å². The standard InChI is InChI=1S/C19H22N4O3S/c1-11(2)23-7-6-14(21-23)18(25)20-19-22(10-16(24)26-5)15-9-12(3)8-13(4)17(15)27-19/h6-9,11H,10H2,1-5H3. The molecule has 0 aliphatic carbocycles. The van der Waals surface area contributed by atoms with Crippen LogP contribution in [0.25, 0.3) is 10.2 Å². The second kappa shape index (κ2) is 7.48. The van der Waals surface area contributed by atoms with Gasteiger partial charge >= 0.3 is 5.97 Å². The van der Waals surface area contributed by atoms with Crippen LogP contribution in [-0.4, -0.2) is 33.3 Å². The molecule has 0 N–H and O–H groups in total. The number of hydrogen-bond acceptors (Lipinski definition) is 5. The molecule has 0 atom stereocenters. The normalized spacial score (nSPS) is 12.1. The molecule has 0 aliphatic heterocycles. The lowest BCUT2D eigenvalue weighted by Gasteiger charge is -2.05. The maximum Gasteiger partial charge on any atom is 0.325 e. The van der Waals surface area contributed by atoms with Gasteiger partial charge < -0.3 is 9.30 Å². The zero-order chi connectivity index (χ0) is 19.7. The van der Waals surface area contributed by atoms with Gasteiger partial charge in [0.1, 0.15) is 6.54 Å². The molecule has 1 amide bonds. The second-order valence-corrected chi connectivity index (χ2v) is 7.65. The van der Waals surface area contributed by atoms with Crippen LogP contribution in [-0.2, 0) is 16.1 Å². The fourth-order valence-corrected chi connectivity index (χ4v) is 3.91. The highest BCUT2D eigenvalue weighted by Gasteiger charge is 2.15. The molecule has 0 aliphatic rings. The van der Waals surface area contributed by atoms with Crippen LogP contribution >= 0.6 is 11.3 Å². The number of aryl methyl sites for hydroxylation is 2. The SMILES string of the molecule is COC(=O)Cn1c(=NC(=O)c2ccn(C(C)C)n2)sc2c(C)cc(C)cc21. The molecule has 27 heavy (non-hydrogen) atoms. The fraction of sp³-hybridized carbons (Fsp3) is 0.368. The maximum atomic E-state index is 12.6. The summed E-state index contributed by atoms with van der Waals surface area (Å²) in [6.45, 7) is 7.96. The van der Waals surface area contributed by atoms with Gasteiger partial charge in [-0.3, -0.25) is 14.3 Å². The molecular formula is C19H22N4O3S. The van der Waals surface area contributed by atoms with Crippen molar-refractivity contribution in [3.8, 4) is 0 Å². The molecule has 3 aromatic rings. The van der Waals surface area contributed by atoms with Gasteiger partial charge in [0, 0.05) is 12.2 Å². The van der Waals surface area contributed by atoms with Crippen LogP contribution < -0.4 is 4.80 Å². The summed E-state index contributed by atoms with van der Waals surface area (Å²) in [5.74, 6) is -0.833. The van der Waals surface area contributed by atoms with E-state index in [9.17, 15) is 9.59 Å². The first-order chi connectivity index (χ1) is 12.8. The quantitative estimate of drug-likeness (QED) is 0.646. The molecule has 0 unspecified atom stereocenters. The molecule has 2 aromatic heterocycles. The summed E-state index contributed by atoms with van der Waals surface area (Å²) in [7, 11) is 1.34. The summed E-state index contributed by atoms with van der Waals surface area (Å²) in [4.78, 5) is 29.2. The van der Waals surface area contributed by atoms with Gasteiger partial charge in [0.25, 0.3) is 5.91 Å². The number of amides is 1. The van der Waals surface area contributed by atoms with Crippen molar-refractivity contribution in [2.75, 3.05) is 7.11 Å². The molecule has 0 bridgehead atoms. The molecule has 0 spiro atoms. The Hall–Kier alpha value is -2.74. The maximum absolute atomic E-state index is 12.6. The average Bonchev–Trinajstić information content (AvgIpc) is 3.22. The lowest BCUT2D eigenvalue weighted by atomic mass is 10.1. The minimum atomic E-state index is -0.436. The Morgan fingerprint density at radius 1 is 1.30 bits per heavy atom. The topological polar surface area (TPSA) is 78.5 Å². The van der Waals surface area contributed by atoms with Gasteiger partial charge in [-0.15, -0.1) is 0 Å². The zero-order valence-electron chi connectivity index (χ0n) is 16.0. The van der Waals surface area contributed by atoms with E-state index in [2.05, 4.69) is 16.2 Å². The Kier molecular flexibility index (Phi) is 5.27. The number of esters is 1. The molecule has 2 heterocycles. The molecule has 8 heteroatoms. The molecule has 1 aromatic carbocycles. The predicted octanol–water partition coefficient (Wildman–Crippen LogP) is 3.01. The summed E-state index contributed by atoms with van der Waals surface area (Å²) >= 11 is 1.38. The van der Waals surface area contributed by atoms with Gasteiger partial charge in [-0.1, -0.05) is 17.4 Å². The Morgan fingerprint density at radius 2 is 2.04 bits per heavy atom. The number of benzene rings is 1. The third-order valence-electron chi connectivity index (χ3n) is 4.18. The number of carbonyl (C=O) groups excluding carboxylic acids is 2. The molecule has 7 nitrogen and oxygen atoms in total. The Morgan fingerprint density at radius 3 is 2.67 bits per heavy atom. The average molecular weight is 386 g/mol. The van der Waals surface area contributed by atoms with E-state index in [1.807, 2.05) is 33.8 Å². The van der Waals surface area contributed by atoms with E-state index in [1.165, 1.54) is 18.4 Å². The van der Waals surface area contributed by atoms with Crippen LogP contribution in [0.2, 0.25) is 0 Å². The van der Waals surface area contributed by atoms with E-state index in [4.69, 9.17) is 4.74 Å². The van der Waals surface area contributed by atoms with Crippen LogP contribution in [0.5, 0.6) is 0 Å². The van der Waals surface area contributed by atoms with Crippen LogP contribution in [0.15, 0.2) is 29.4 Å². The van der Waals surface area contributed by atoms with E-state index >= 15 is 0 Å². The van der Waals surface area contributed by atoms with Crippen molar-refractivity contribution in [2.45, 2.75) is 40.3 Å². The second-order valence-electron chi connectivity index (χ2n) is 6.67. The molecule has 0 saturated heterocycles. The van der Waals surface area contributed by atoms with Crippen molar-refractivity contribution < 1.29 is 14.3 Å². The van der Waals surface area contributed by atoms with E-state index in [0.717, 1.165) is 21.3 Å². The van der Waals surface area contributed by atoms with Gasteiger partial charge in [-0.25, -0.2) is 0 Å². The summed E-state index contributed by atoms with van der Waals surface area (Å²) in [5, 5.41) is 4.28. The number of ether oxygens (including phenoxy) is 1. The number of rotatable bonds is 4. The van der Waals surface area contributed by atoms with Crippen LogP contribution in [0.3, 0.4) is 0 Å². The summed E-state index contributed by atoms with van der Waals surface area (Å²) < 4.78 is 9.24. The Bertz CT molecular complexity index is 1090. The fourth-order valence-electron chi connectivity index (χ4n) is 2.83. The number of thiazole rings is 1. The highest BCUT2D eigenvalue weighted by Crippen LogP contribution is 2.23. The monoisotopic (exact) mass is 386 g/mol. The molecule has 142 valence electrons. The number of carbonyl (C=O) groups is 2. The van der Waals surface area contributed by atoms with Crippen LogP contribution in [0.4, 0.5) is 0 Å². The molecular weight excluding hydrogens is 364 g/mol. The van der Waals surface area contributed by atoms with E-state index in [0.29, 0.717) is 4.80 Å². The summed E-state index contributed by atoms with van der Waals surface area (Å²) in [6.07, 6.45) is 1.76. The number of hydrogen-bond donors (Lipinski definition) is 0. The van der Waals surface area contributed by atoms with Gasteiger partial charge in [-0.05, 0) is 51.0 Å². The van der Waals surface area contributed by atoms with Crippen molar-refractivity contribution in [3.05, 3.63) is 46.0 Å². The molecule has 0 radical (unpaired) electrons. The van der Waals surface area contributed by atoms with Gasteiger partial charge in [0.15, 0.2) is 10.5 Å². The highest BCUT2D eigenvalue weighted by molar-refractivity contribution is 7.16. The Balaban J connectivity index is 2.15. The van der Waals surface area contributed by atoms with E-state index < -0.39 is 11.9 Å². The third-order valence-corrected chi connectivity index (χ3v) is 5.41. The molecule has 0 saturated carbocycles. The van der Waals surface area contributed by atoms with Crippen molar-refractivity contribution in [2.24, 2.45) is 4.99 Å². The smallest absolute Gasteiger partial charge is 0.325 e. The highest BCUT2D eigenvalue weighted by atomic mass is 32.1. The van der Waals surface area contributed by atoms with Crippen LogP contribution in [0.1, 0.15) is 41.5 Å². The predicted molar refractivity (Wildman–Crippen MR) is 104 cm³/mol. The Labute approximate surface area is 160 Å². The number of nitrogens with zero attached hydrogens (tertiary/aromatic N) is 4. The van der Waals surface area contributed by atoms with Gasteiger partial charge in [0.2, 0.25) is 0 Å². The minimum Gasteiger partial charge on any atom is -0.468 e. The largest absolute Gasteiger partial charge is 0.468 e. The van der Waals surface area contributed by atoms with Gasteiger partial charge in [0.05, 0.1) is 17.3 Å². The third kappa shape index (κ3) is 3.85. The summed E-state index contributed by atoms with van der Waals surface area (Å²) in [6, 6.07) is 5.86. The van der Waals surface area contributed by atoms with Crippen molar-refractivity contribution in [1.82, 2.24) is 14.3 Å². The number of methoxy groups -OCH3 is 1. The number of fused-ring (bicyclic) bond motifs is 1. The van der Waals surface area contributed by atoms with Crippen molar-refractivity contribution >= 4 is 33.4 Å².